The smallest absolute Gasteiger partial charge is 0.312 e. The molecule has 3 nitrogen and oxygen atoms in total. The minimum absolute atomic E-state index is 0.453. The number of aryl methyl sites for hydroxylation is 1. The van der Waals surface area contributed by atoms with Gasteiger partial charge >= 0.3 is 5.97 Å². The molecule has 0 spiro atoms. The number of nitrogens with zero attached hydrogens (tertiary/aromatic N) is 1. The molecule has 1 aliphatic rings. The Morgan fingerprint density at radius 3 is 3.00 bits per heavy atom. The molecular formula is C13H9BrClNO2S. The number of aliphatic carboxylic acids is 1. The third-order valence-electron chi connectivity index (χ3n) is 3.18. The van der Waals surface area contributed by atoms with E-state index in [2.05, 4.69) is 20.9 Å². The number of thiazole rings is 1. The Balaban J connectivity index is 2.02. The predicted octanol–water partition coefficient (Wildman–Crippen LogP) is 4.34. The Kier molecular flexibility index (Phi) is 3.37. The maximum Gasteiger partial charge on any atom is 0.312 e. The monoisotopic (exact) mass is 357 g/mol. The third-order valence-corrected chi connectivity index (χ3v) is 5.59. The number of hydrogen-bond donors (Lipinski definition) is 1. The molecule has 0 radical (unpaired) electrons. The summed E-state index contributed by atoms with van der Waals surface area (Å²) in [5, 5.41) is 10.6. The lowest BCUT2D eigenvalue weighted by Gasteiger charge is -2.02. The lowest BCUT2D eigenvalue weighted by Crippen LogP contribution is -2.08. The van der Waals surface area contributed by atoms with Crippen LogP contribution in [0.15, 0.2) is 22.7 Å². The number of halogens is 2. The molecule has 1 heterocycles. The van der Waals surface area contributed by atoms with E-state index in [-0.39, 0.29) is 0 Å². The highest BCUT2D eigenvalue weighted by Gasteiger charge is 2.32. The van der Waals surface area contributed by atoms with E-state index < -0.39 is 11.9 Å². The van der Waals surface area contributed by atoms with Gasteiger partial charge in [0, 0.05) is 14.9 Å². The molecule has 1 atom stereocenters. The second kappa shape index (κ2) is 4.89. The van der Waals surface area contributed by atoms with Crippen LogP contribution >= 0.6 is 38.9 Å². The quantitative estimate of drug-likeness (QED) is 0.868. The molecule has 1 unspecified atom stereocenters. The number of carboxylic acids is 1. The van der Waals surface area contributed by atoms with Crippen LogP contribution in [0.4, 0.5) is 0 Å². The number of carboxylic acid groups (broad SMARTS) is 1. The summed E-state index contributed by atoms with van der Waals surface area (Å²) in [5.74, 6) is -1.24. The highest BCUT2D eigenvalue weighted by Crippen LogP contribution is 2.40. The van der Waals surface area contributed by atoms with Crippen LogP contribution in [0.1, 0.15) is 22.9 Å². The number of benzene rings is 1. The molecule has 0 fully saturated rings. The van der Waals surface area contributed by atoms with E-state index in [4.69, 9.17) is 16.7 Å². The molecule has 1 aromatic heterocycles. The summed E-state index contributed by atoms with van der Waals surface area (Å²) in [6, 6.07) is 5.65. The molecule has 2 aromatic rings. The maximum absolute atomic E-state index is 11.1. The average Bonchev–Trinajstić information content (AvgIpc) is 2.91. The van der Waals surface area contributed by atoms with Crippen molar-refractivity contribution in [3.8, 4) is 10.6 Å². The van der Waals surface area contributed by atoms with Gasteiger partial charge in [0.25, 0.3) is 0 Å². The second-order valence-electron chi connectivity index (χ2n) is 4.39. The number of aromatic nitrogens is 1. The number of rotatable bonds is 2. The minimum atomic E-state index is -0.788. The van der Waals surface area contributed by atoms with Crippen LogP contribution in [0.5, 0.6) is 0 Å². The summed E-state index contributed by atoms with van der Waals surface area (Å²) in [5.41, 5.74) is 1.66. The molecule has 1 aliphatic carbocycles. The first kappa shape index (κ1) is 13.1. The summed E-state index contributed by atoms with van der Waals surface area (Å²) in [6.07, 6.45) is 1.46. The molecular weight excluding hydrogens is 350 g/mol. The molecule has 0 amide bonds. The third kappa shape index (κ3) is 2.30. The first-order valence-electron chi connectivity index (χ1n) is 5.74. The van der Waals surface area contributed by atoms with Crippen LogP contribution in [0, 0.1) is 0 Å². The van der Waals surface area contributed by atoms with Crippen LogP contribution < -0.4 is 0 Å². The van der Waals surface area contributed by atoms with Gasteiger partial charge < -0.3 is 5.11 Å². The van der Waals surface area contributed by atoms with Crippen molar-refractivity contribution in [3.05, 3.63) is 38.3 Å². The molecule has 1 aromatic carbocycles. The fraction of sp³-hybridized carbons (Fsp3) is 0.231. The van der Waals surface area contributed by atoms with Gasteiger partial charge in [0.2, 0.25) is 0 Å². The van der Waals surface area contributed by atoms with Crippen LogP contribution in [0.25, 0.3) is 10.6 Å². The standard InChI is InChI=1S/C13H9BrClNO2S/c14-8-3-1-6(5-9(8)15)12-16-11-7(13(17)18)2-4-10(11)19-12/h1,3,5,7H,2,4H2,(H,17,18). The zero-order valence-corrected chi connectivity index (χ0v) is 12.8. The lowest BCUT2D eigenvalue weighted by molar-refractivity contribution is -0.138. The van der Waals surface area contributed by atoms with Gasteiger partial charge in [-0.1, -0.05) is 17.7 Å². The van der Waals surface area contributed by atoms with E-state index in [0.29, 0.717) is 11.4 Å². The molecule has 3 rings (SSSR count). The summed E-state index contributed by atoms with van der Waals surface area (Å²) in [7, 11) is 0. The topological polar surface area (TPSA) is 50.2 Å². The van der Waals surface area contributed by atoms with Gasteiger partial charge in [0.1, 0.15) is 10.9 Å². The second-order valence-corrected chi connectivity index (χ2v) is 6.73. The average molecular weight is 359 g/mol. The van der Waals surface area contributed by atoms with Crippen molar-refractivity contribution in [2.24, 2.45) is 0 Å². The summed E-state index contributed by atoms with van der Waals surface area (Å²) < 4.78 is 0.838. The summed E-state index contributed by atoms with van der Waals surface area (Å²) >= 11 is 11.0. The van der Waals surface area contributed by atoms with Crippen molar-refractivity contribution in [2.75, 3.05) is 0 Å². The largest absolute Gasteiger partial charge is 0.481 e. The van der Waals surface area contributed by atoms with Gasteiger partial charge in [-0.3, -0.25) is 4.79 Å². The van der Waals surface area contributed by atoms with Gasteiger partial charge in [-0.05, 0) is 40.9 Å². The van der Waals surface area contributed by atoms with Crippen molar-refractivity contribution < 1.29 is 9.90 Å². The van der Waals surface area contributed by atoms with Crippen LogP contribution in [-0.2, 0) is 11.2 Å². The van der Waals surface area contributed by atoms with E-state index in [1.54, 1.807) is 11.3 Å². The fourth-order valence-corrected chi connectivity index (χ4v) is 3.78. The Morgan fingerprint density at radius 1 is 1.53 bits per heavy atom. The van der Waals surface area contributed by atoms with Gasteiger partial charge in [-0.2, -0.15) is 0 Å². The Morgan fingerprint density at radius 2 is 2.32 bits per heavy atom. The van der Waals surface area contributed by atoms with Crippen molar-refractivity contribution >= 4 is 44.8 Å². The molecule has 98 valence electrons. The zero-order valence-electron chi connectivity index (χ0n) is 9.69. The van der Waals surface area contributed by atoms with E-state index in [1.165, 1.54) is 0 Å². The summed E-state index contributed by atoms with van der Waals surface area (Å²) in [6.45, 7) is 0. The number of fused-ring (bicyclic) bond motifs is 1. The molecule has 0 aliphatic heterocycles. The van der Waals surface area contributed by atoms with Gasteiger partial charge in [-0.25, -0.2) is 4.98 Å². The van der Waals surface area contributed by atoms with E-state index in [1.807, 2.05) is 18.2 Å². The van der Waals surface area contributed by atoms with Gasteiger partial charge in [0.05, 0.1) is 10.7 Å². The number of carbonyl (C=O) groups is 1. The van der Waals surface area contributed by atoms with E-state index in [0.717, 1.165) is 32.0 Å². The molecule has 6 heteroatoms. The molecule has 19 heavy (non-hydrogen) atoms. The first-order valence-corrected chi connectivity index (χ1v) is 7.73. The molecule has 0 saturated carbocycles. The van der Waals surface area contributed by atoms with Gasteiger partial charge in [-0.15, -0.1) is 11.3 Å². The van der Waals surface area contributed by atoms with Crippen LogP contribution in [0.3, 0.4) is 0 Å². The Bertz CT molecular complexity index is 671. The Labute approximate surface area is 127 Å². The summed E-state index contributed by atoms with van der Waals surface area (Å²) in [4.78, 5) is 16.7. The van der Waals surface area contributed by atoms with Crippen molar-refractivity contribution in [3.63, 3.8) is 0 Å². The fourth-order valence-electron chi connectivity index (χ4n) is 2.22. The lowest BCUT2D eigenvalue weighted by atomic mass is 10.1. The van der Waals surface area contributed by atoms with Crippen molar-refractivity contribution in [2.45, 2.75) is 18.8 Å². The minimum Gasteiger partial charge on any atom is -0.481 e. The van der Waals surface area contributed by atoms with E-state index in [9.17, 15) is 4.79 Å². The van der Waals surface area contributed by atoms with Crippen LogP contribution in [-0.4, -0.2) is 16.1 Å². The molecule has 0 bridgehead atoms. The molecule has 1 N–H and O–H groups in total. The normalized spacial score (nSPS) is 17.5. The Hall–Kier alpha value is -0.910. The number of hydrogen-bond acceptors (Lipinski definition) is 3. The van der Waals surface area contributed by atoms with Gasteiger partial charge in [0.15, 0.2) is 0 Å². The maximum atomic E-state index is 11.1. The zero-order chi connectivity index (χ0) is 13.6. The predicted molar refractivity (Wildman–Crippen MR) is 79.0 cm³/mol. The molecule has 0 saturated heterocycles. The van der Waals surface area contributed by atoms with Crippen molar-refractivity contribution in [1.29, 1.82) is 0 Å². The first-order chi connectivity index (χ1) is 9.06. The van der Waals surface area contributed by atoms with Crippen LogP contribution in [0.2, 0.25) is 5.02 Å². The van der Waals surface area contributed by atoms with E-state index >= 15 is 0 Å². The highest BCUT2D eigenvalue weighted by molar-refractivity contribution is 9.10. The highest BCUT2D eigenvalue weighted by atomic mass is 79.9. The SMILES string of the molecule is O=C(O)C1CCc2sc(-c3ccc(Br)c(Cl)c3)nc21. The van der Waals surface area contributed by atoms with Crippen molar-refractivity contribution in [1.82, 2.24) is 4.98 Å².